The molecule has 30 heavy (non-hydrogen) atoms. The third-order valence-corrected chi connectivity index (χ3v) is 4.36. The molecule has 0 saturated carbocycles. The van der Waals surface area contributed by atoms with Crippen LogP contribution in [-0.4, -0.2) is 24.5 Å². The Morgan fingerprint density at radius 3 is 2.40 bits per heavy atom. The molecule has 0 aliphatic heterocycles. The summed E-state index contributed by atoms with van der Waals surface area (Å²) in [6, 6.07) is 19.1. The maximum absolute atomic E-state index is 12.8. The van der Waals surface area contributed by atoms with Gasteiger partial charge in [0.1, 0.15) is 17.3 Å². The van der Waals surface area contributed by atoms with Gasteiger partial charge in [-0.2, -0.15) is 0 Å². The number of carbonyl (C=O) groups excluding carboxylic acids is 2. The molecule has 0 aliphatic carbocycles. The van der Waals surface area contributed by atoms with E-state index in [1.807, 2.05) is 36.4 Å². The summed E-state index contributed by atoms with van der Waals surface area (Å²) in [5, 5.41) is 2.09. The highest BCUT2D eigenvalue weighted by Crippen LogP contribution is 2.21. The van der Waals surface area contributed by atoms with Crippen molar-refractivity contribution in [2.75, 3.05) is 6.61 Å². The standard InChI is InChI=1S/C23H23FN2O4/c1-16(30-21-11-8-17-5-2-3-6-18(17)15-21)23(28)26-25-22(27)7-4-14-29-20-12-9-19(24)10-13-20/h2-3,5-6,8-13,15-16H,4,7,14H2,1H3,(H,25,27)(H,26,28). The van der Waals surface area contributed by atoms with Gasteiger partial charge in [-0.25, -0.2) is 4.39 Å². The number of hydrogen-bond acceptors (Lipinski definition) is 4. The second kappa shape index (κ2) is 10.2. The number of rotatable bonds is 8. The van der Waals surface area contributed by atoms with E-state index in [-0.39, 0.29) is 18.1 Å². The van der Waals surface area contributed by atoms with E-state index in [2.05, 4.69) is 10.9 Å². The van der Waals surface area contributed by atoms with Crippen LogP contribution in [0.15, 0.2) is 66.7 Å². The van der Waals surface area contributed by atoms with Crippen molar-refractivity contribution >= 4 is 22.6 Å². The third-order valence-electron chi connectivity index (χ3n) is 4.36. The Hall–Kier alpha value is -3.61. The van der Waals surface area contributed by atoms with Crippen LogP contribution >= 0.6 is 0 Å². The van der Waals surface area contributed by atoms with E-state index in [1.54, 1.807) is 13.0 Å². The molecule has 0 spiro atoms. The molecular formula is C23H23FN2O4. The molecular weight excluding hydrogens is 387 g/mol. The lowest BCUT2D eigenvalue weighted by molar-refractivity contribution is -0.132. The summed E-state index contributed by atoms with van der Waals surface area (Å²) >= 11 is 0. The maximum Gasteiger partial charge on any atom is 0.279 e. The third kappa shape index (κ3) is 6.20. The van der Waals surface area contributed by atoms with Crippen LogP contribution in [0.3, 0.4) is 0 Å². The van der Waals surface area contributed by atoms with Gasteiger partial charge in [-0.05, 0) is 60.5 Å². The summed E-state index contributed by atoms with van der Waals surface area (Å²) in [6.07, 6.45) is -0.169. The molecule has 0 heterocycles. The number of benzene rings is 3. The highest BCUT2D eigenvalue weighted by Gasteiger charge is 2.15. The van der Waals surface area contributed by atoms with Crippen molar-refractivity contribution in [3.8, 4) is 11.5 Å². The quantitative estimate of drug-likeness (QED) is 0.438. The van der Waals surface area contributed by atoms with Crippen molar-refractivity contribution in [3.63, 3.8) is 0 Å². The summed E-state index contributed by atoms with van der Waals surface area (Å²) in [7, 11) is 0. The van der Waals surface area contributed by atoms with E-state index >= 15 is 0 Å². The van der Waals surface area contributed by atoms with Gasteiger partial charge in [-0.3, -0.25) is 20.4 Å². The molecule has 6 nitrogen and oxygen atoms in total. The number of hydrazine groups is 1. The lowest BCUT2D eigenvalue weighted by Crippen LogP contribution is -2.47. The molecule has 1 unspecified atom stereocenters. The number of nitrogens with one attached hydrogen (secondary N) is 2. The summed E-state index contributed by atoms with van der Waals surface area (Å²) < 4.78 is 23.9. The van der Waals surface area contributed by atoms with Gasteiger partial charge in [-0.15, -0.1) is 0 Å². The van der Waals surface area contributed by atoms with E-state index in [1.165, 1.54) is 24.3 Å². The number of halogens is 1. The molecule has 156 valence electrons. The van der Waals surface area contributed by atoms with Gasteiger partial charge in [0.15, 0.2) is 6.10 Å². The first kappa shape index (κ1) is 21.1. The fourth-order valence-corrected chi connectivity index (χ4v) is 2.75. The first-order valence-electron chi connectivity index (χ1n) is 9.64. The van der Waals surface area contributed by atoms with Gasteiger partial charge in [0.25, 0.3) is 5.91 Å². The van der Waals surface area contributed by atoms with Crippen LogP contribution < -0.4 is 20.3 Å². The molecule has 0 saturated heterocycles. The molecule has 0 aromatic heterocycles. The zero-order valence-electron chi connectivity index (χ0n) is 16.6. The summed E-state index contributed by atoms with van der Waals surface area (Å²) in [4.78, 5) is 24.0. The molecule has 7 heteroatoms. The van der Waals surface area contributed by atoms with Crippen molar-refractivity contribution in [1.29, 1.82) is 0 Å². The number of carbonyl (C=O) groups is 2. The van der Waals surface area contributed by atoms with E-state index in [4.69, 9.17) is 9.47 Å². The molecule has 3 rings (SSSR count). The van der Waals surface area contributed by atoms with Crippen LogP contribution in [0.2, 0.25) is 0 Å². The number of fused-ring (bicyclic) bond motifs is 1. The zero-order valence-corrected chi connectivity index (χ0v) is 16.6. The topological polar surface area (TPSA) is 76.7 Å². The Morgan fingerprint density at radius 2 is 1.63 bits per heavy atom. The Morgan fingerprint density at radius 1 is 0.933 bits per heavy atom. The average molecular weight is 410 g/mol. The Bertz CT molecular complexity index is 1010. The normalized spacial score (nSPS) is 11.5. The monoisotopic (exact) mass is 410 g/mol. The predicted molar refractivity (Wildman–Crippen MR) is 111 cm³/mol. The van der Waals surface area contributed by atoms with Crippen molar-refractivity contribution in [3.05, 3.63) is 72.5 Å². The van der Waals surface area contributed by atoms with Gasteiger partial charge >= 0.3 is 0 Å². The molecule has 0 aliphatic rings. The van der Waals surface area contributed by atoms with Gasteiger partial charge in [0, 0.05) is 6.42 Å². The van der Waals surface area contributed by atoms with Crippen molar-refractivity contribution in [2.24, 2.45) is 0 Å². The van der Waals surface area contributed by atoms with Gasteiger partial charge < -0.3 is 9.47 Å². The second-order valence-electron chi connectivity index (χ2n) is 6.71. The lowest BCUT2D eigenvalue weighted by Gasteiger charge is -2.15. The van der Waals surface area contributed by atoms with Gasteiger partial charge in [0.2, 0.25) is 5.91 Å². The molecule has 3 aromatic rings. The molecule has 2 amide bonds. The SMILES string of the molecule is CC(Oc1ccc2ccccc2c1)C(=O)NNC(=O)CCCOc1ccc(F)cc1. The Balaban J connectivity index is 1.36. The van der Waals surface area contributed by atoms with Gasteiger partial charge in [-0.1, -0.05) is 30.3 Å². The fourth-order valence-electron chi connectivity index (χ4n) is 2.75. The minimum Gasteiger partial charge on any atom is -0.494 e. The highest BCUT2D eigenvalue weighted by molar-refractivity contribution is 5.85. The van der Waals surface area contributed by atoms with E-state index in [0.29, 0.717) is 24.5 Å². The van der Waals surface area contributed by atoms with Crippen LogP contribution in [-0.2, 0) is 9.59 Å². The van der Waals surface area contributed by atoms with Crippen LogP contribution in [0.1, 0.15) is 19.8 Å². The summed E-state index contributed by atoms with van der Waals surface area (Å²) in [6.45, 7) is 1.90. The number of hydrogen-bond donors (Lipinski definition) is 2. The Labute approximate surface area is 174 Å². The number of ether oxygens (including phenoxy) is 2. The van der Waals surface area contributed by atoms with Crippen LogP contribution in [0.4, 0.5) is 4.39 Å². The zero-order chi connectivity index (χ0) is 21.3. The second-order valence-corrected chi connectivity index (χ2v) is 6.71. The lowest BCUT2D eigenvalue weighted by atomic mass is 10.1. The smallest absolute Gasteiger partial charge is 0.279 e. The van der Waals surface area contributed by atoms with Crippen molar-refractivity contribution < 1.29 is 23.5 Å². The van der Waals surface area contributed by atoms with E-state index in [0.717, 1.165) is 10.8 Å². The van der Waals surface area contributed by atoms with Crippen molar-refractivity contribution in [2.45, 2.75) is 25.9 Å². The molecule has 2 N–H and O–H groups in total. The predicted octanol–water partition coefficient (Wildman–Crippen LogP) is 3.75. The van der Waals surface area contributed by atoms with Crippen LogP contribution in [0.25, 0.3) is 10.8 Å². The number of amides is 2. The summed E-state index contributed by atoms with van der Waals surface area (Å²) in [5.41, 5.74) is 4.72. The van der Waals surface area contributed by atoms with Crippen LogP contribution in [0, 0.1) is 5.82 Å². The van der Waals surface area contributed by atoms with E-state index in [9.17, 15) is 14.0 Å². The first-order valence-corrected chi connectivity index (χ1v) is 9.64. The maximum atomic E-state index is 12.8. The molecule has 1 atom stereocenters. The van der Waals surface area contributed by atoms with E-state index < -0.39 is 12.0 Å². The molecule has 3 aromatic carbocycles. The fraction of sp³-hybridized carbons (Fsp3) is 0.217. The first-order chi connectivity index (χ1) is 14.5. The minimum absolute atomic E-state index is 0.168. The summed E-state index contributed by atoms with van der Waals surface area (Å²) in [5.74, 6) is -0.0373. The molecule has 0 radical (unpaired) electrons. The minimum atomic E-state index is -0.784. The highest BCUT2D eigenvalue weighted by atomic mass is 19.1. The largest absolute Gasteiger partial charge is 0.494 e. The molecule has 0 bridgehead atoms. The average Bonchev–Trinajstić information content (AvgIpc) is 2.76. The Kier molecular flexibility index (Phi) is 7.21. The van der Waals surface area contributed by atoms with Crippen LogP contribution in [0.5, 0.6) is 11.5 Å². The van der Waals surface area contributed by atoms with Gasteiger partial charge in [0.05, 0.1) is 6.61 Å². The van der Waals surface area contributed by atoms with Crippen molar-refractivity contribution in [1.82, 2.24) is 10.9 Å². The molecule has 0 fully saturated rings.